The van der Waals surface area contributed by atoms with Crippen molar-refractivity contribution in [3.8, 4) is 23.0 Å². The Morgan fingerprint density at radius 3 is 1.50 bits per heavy atom. The van der Waals surface area contributed by atoms with Gasteiger partial charge in [-0.3, -0.25) is 0 Å². The van der Waals surface area contributed by atoms with Crippen LogP contribution in [0.5, 0.6) is 23.0 Å². The second-order valence-electron chi connectivity index (χ2n) is 9.45. The van der Waals surface area contributed by atoms with Gasteiger partial charge in [0.15, 0.2) is 23.0 Å². The summed E-state index contributed by atoms with van der Waals surface area (Å²) in [6.45, 7) is 2.14. The number of hydrogen-bond acceptors (Lipinski definition) is 6. The first-order valence-electron chi connectivity index (χ1n) is 12.6. The van der Waals surface area contributed by atoms with Crippen LogP contribution in [-0.4, -0.2) is 27.4 Å². The van der Waals surface area contributed by atoms with E-state index < -0.39 is 0 Å². The predicted octanol–water partition coefficient (Wildman–Crippen LogP) is 6.40. The zero-order valence-corrected chi connectivity index (χ0v) is 21.2. The van der Waals surface area contributed by atoms with Crippen molar-refractivity contribution in [3.63, 3.8) is 0 Å². The number of hydrogen-bond donors (Lipinski definition) is 0. The highest BCUT2D eigenvalue weighted by atomic mass is 16.5. The quantitative estimate of drug-likeness (QED) is 0.401. The molecule has 3 aromatic rings. The van der Waals surface area contributed by atoms with Gasteiger partial charge < -0.3 is 28.4 Å². The summed E-state index contributed by atoms with van der Waals surface area (Å²) in [6.07, 6.45) is 7.45. The van der Waals surface area contributed by atoms with Gasteiger partial charge in [0, 0.05) is 11.1 Å². The lowest BCUT2D eigenvalue weighted by atomic mass is 9.84. The van der Waals surface area contributed by atoms with Crippen LogP contribution in [0, 0.1) is 0 Å². The third-order valence-corrected chi connectivity index (χ3v) is 7.46. The van der Waals surface area contributed by atoms with E-state index in [0.29, 0.717) is 37.9 Å². The minimum absolute atomic E-state index is 0.518. The molecule has 4 aliphatic heterocycles. The summed E-state index contributed by atoms with van der Waals surface area (Å²) in [5, 5.41) is 0. The molecule has 0 fully saturated rings. The monoisotopic (exact) mass is 506 g/mol. The van der Waals surface area contributed by atoms with Crippen LogP contribution in [0.2, 0.25) is 0 Å². The minimum Gasteiger partial charge on any atom is -0.493 e. The Kier molecular flexibility index (Phi) is 5.57. The molecule has 0 bridgehead atoms. The molecule has 0 saturated heterocycles. The van der Waals surface area contributed by atoms with Gasteiger partial charge in [-0.25, -0.2) is 0 Å². The first-order valence-corrected chi connectivity index (χ1v) is 12.6. The zero-order chi connectivity index (χ0) is 25.6. The highest BCUT2D eigenvalue weighted by Gasteiger charge is 2.28. The Hall–Kier alpha value is -4.26. The van der Waals surface area contributed by atoms with E-state index in [0.717, 1.165) is 56.0 Å². The van der Waals surface area contributed by atoms with Crippen LogP contribution >= 0.6 is 0 Å². The Labute approximate surface area is 221 Å². The maximum absolute atomic E-state index is 6.13. The fourth-order valence-electron chi connectivity index (χ4n) is 5.68. The number of methoxy groups -OCH3 is 2. The lowest BCUT2D eigenvalue weighted by Crippen LogP contribution is -2.17. The third kappa shape index (κ3) is 3.56. The first kappa shape index (κ1) is 22.9. The van der Waals surface area contributed by atoms with E-state index in [1.807, 2.05) is 36.4 Å². The van der Waals surface area contributed by atoms with E-state index in [4.69, 9.17) is 28.4 Å². The lowest BCUT2D eigenvalue weighted by molar-refractivity contribution is 0.142. The van der Waals surface area contributed by atoms with Crippen molar-refractivity contribution in [1.82, 2.24) is 0 Å². The fourth-order valence-corrected chi connectivity index (χ4v) is 5.68. The van der Waals surface area contributed by atoms with Crippen LogP contribution < -0.4 is 18.9 Å². The molecule has 3 aromatic carbocycles. The third-order valence-electron chi connectivity index (χ3n) is 7.46. The maximum Gasteiger partial charge on any atom is 0.176 e. The van der Waals surface area contributed by atoms with Crippen molar-refractivity contribution in [2.24, 2.45) is 0 Å². The summed E-state index contributed by atoms with van der Waals surface area (Å²) in [7, 11) is 3.31. The van der Waals surface area contributed by atoms with Gasteiger partial charge >= 0.3 is 0 Å². The number of fused-ring (bicyclic) bond motifs is 4. The average molecular weight is 507 g/mol. The lowest BCUT2D eigenvalue weighted by Gasteiger charge is -2.29. The summed E-state index contributed by atoms with van der Waals surface area (Å²) in [5.74, 6) is 2.86. The smallest absolute Gasteiger partial charge is 0.176 e. The molecule has 0 amide bonds. The van der Waals surface area contributed by atoms with Gasteiger partial charge in [0.2, 0.25) is 0 Å². The summed E-state index contributed by atoms with van der Waals surface area (Å²) in [6, 6.07) is 16.5. The molecule has 0 spiro atoms. The van der Waals surface area contributed by atoms with Crippen LogP contribution in [0.1, 0.15) is 33.4 Å². The molecular formula is C32H26O6. The molecule has 38 heavy (non-hydrogen) atoms. The maximum atomic E-state index is 6.13. The second-order valence-corrected chi connectivity index (χ2v) is 9.45. The Morgan fingerprint density at radius 1 is 0.579 bits per heavy atom. The first-order chi connectivity index (χ1) is 18.8. The van der Waals surface area contributed by atoms with Gasteiger partial charge in [0.1, 0.15) is 0 Å². The van der Waals surface area contributed by atoms with E-state index in [1.54, 1.807) is 26.7 Å². The molecule has 6 heteroatoms. The molecule has 7 rings (SSSR count). The van der Waals surface area contributed by atoms with Gasteiger partial charge in [-0.15, -0.1) is 0 Å². The molecule has 4 heterocycles. The average Bonchev–Trinajstić information content (AvgIpc) is 2.98. The minimum atomic E-state index is 0.518. The van der Waals surface area contributed by atoms with Gasteiger partial charge in [0.05, 0.1) is 53.2 Å². The molecule has 0 unspecified atom stereocenters. The van der Waals surface area contributed by atoms with Crippen LogP contribution in [0.15, 0.2) is 73.2 Å². The number of ether oxygens (including phenoxy) is 6. The normalized spacial score (nSPS) is 20.9. The molecule has 0 saturated carbocycles. The molecular weight excluding hydrogens is 480 g/mol. The van der Waals surface area contributed by atoms with Crippen molar-refractivity contribution >= 4 is 22.3 Å². The standard InChI is InChI=1S/C32H26O6/c1-33-29-7-3-5-23-21(9-11-37-31(23)29)27-17-35-15-19-14-26-20(13-25(19)27)16-36-18-28(26)22-10-12-38-32-24(22)6-4-8-30(32)34-2/h3-14H,15-18H2,1-2H3/b27-21+,28-22+. The Morgan fingerprint density at radius 2 is 1.05 bits per heavy atom. The molecule has 6 nitrogen and oxygen atoms in total. The van der Waals surface area contributed by atoms with Gasteiger partial charge in [-0.05, 0) is 81.0 Å². The molecule has 0 radical (unpaired) electrons. The number of allylic oxidation sites excluding steroid dienone is 4. The van der Waals surface area contributed by atoms with Crippen molar-refractivity contribution < 1.29 is 28.4 Å². The van der Waals surface area contributed by atoms with E-state index >= 15 is 0 Å². The zero-order valence-electron chi connectivity index (χ0n) is 21.2. The SMILES string of the molecule is COc1cccc2c1OC=C/C2=C1/COCc2cc3c(cc21)COC/C3=C1/C=COc2c(OC)cccc21. The molecule has 0 N–H and O–H groups in total. The van der Waals surface area contributed by atoms with Crippen molar-refractivity contribution in [2.45, 2.75) is 13.2 Å². The van der Waals surface area contributed by atoms with Crippen LogP contribution in [0.25, 0.3) is 22.3 Å². The van der Waals surface area contributed by atoms with Crippen LogP contribution in [0.3, 0.4) is 0 Å². The summed E-state index contributed by atoms with van der Waals surface area (Å²) >= 11 is 0. The second kappa shape index (κ2) is 9.24. The topological polar surface area (TPSA) is 55.4 Å². The highest BCUT2D eigenvalue weighted by Crippen LogP contribution is 2.46. The van der Waals surface area contributed by atoms with Crippen molar-refractivity contribution in [3.05, 3.63) is 107 Å². The van der Waals surface area contributed by atoms with E-state index in [-0.39, 0.29) is 0 Å². The largest absolute Gasteiger partial charge is 0.493 e. The van der Waals surface area contributed by atoms with Gasteiger partial charge in [-0.2, -0.15) is 0 Å². The van der Waals surface area contributed by atoms with E-state index in [2.05, 4.69) is 24.3 Å². The Balaban J connectivity index is 1.39. The number of benzene rings is 3. The molecule has 4 aliphatic rings. The summed E-state index contributed by atoms with van der Waals surface area (Å²) in [5.41, 5.74) is 11.1. The Bertz CT molecular complexity index is 1470. The van der Waals surface area contributed by atoms with Gasteiger partial charge in [0.25, 0.3) is 0 Å². The van der Waals surface area contributed by atoms with Crippen molar-refractivity contribution in [2.75, 3.05) is 27.4 Å². The van der Waals surface area contributed by atoms with E-state index in [1.165, 1.54) is 11.1 Å². The number of para-hydroxylation sites is 2. The molecule has 0 aliphatic carbocycles. The van der Waals surface area contributed by atoms with Crippen LogP contribution in [-0.2, 0) is 22.7 Å². The molecule has 0 atom stereocenters. The molecule has 190 valence electrons. The highest BCUT2D eigenvalue weighted by molar-refractivity contribution is 6.02. The molecule has 0 aromatic heterocycles. The number of rotatable bonds is 2. The fraction of sp³-hybridized carbons (Fsp3) is 0.188. The predicted molar refractivity (Wildman–Crippen MR) is 145 cm³/mol. The van der Waals surface area contributed by atoms with Gasteiger partial charge in [-0.1, -0.05) is 24.3 Å². The summed E-state index contributed by atoms with van der Waals surface area (Å²) < 4.78 is 35.0. The van der Waals surface area contributed by atoms with E-state index in [9.17, 15) is 0 Å². The summed E-state index contributed by atoms with van der Waals surface area (Å²) in [4.78, 5) is 0. The van der Waals surface area contributed by atoms with Crippen LogP contribution in [0.4, 0.5) is 0 Å². The van der Waals surface area contributed by atoms with Crippen molar-refractivity contribution in [1.29, 1.82) is 0 Å².